The number of aliphatic imine (C=N–C) groups is 1. The standard InChI is InChI=1S/C20H23N5O3/c1-6-15(11-17(22-5)19(28)25-20(3,4)12-21)24-18(27)14-7-9-16(10-8-14)23-13(2)26/h6-11H,5H2,1-4H3,(H,23,26)(H,24,27)(H,25,28)/b15-6+,17-11-. The van der Waals surface area contributed by atoms with Gasteiger partial charge < -0.3 is 16.0 Å². The Bertz CT molecular complexity index is 874. The maximum atomic E-state index is 12.4. The van der Waals surface area contributed by atoms with Crippen molar-refractivity contribution in [3.63, 3.8) is 0 Å². The first kappa shape index (κ1) is 22.3. The fourth-order valence-corrected chi connectivity index (χ4v) is 2.01. The topological polar surface area (TPSA) is 123 Å². The van der Waals surface area contributed by atoms with E-state index in [1.165, 1.54) is 13.0 Å². The number of nitrogens with zero attached hydrogens (tertiary/aromatic N) is 2. The number of benzene rings is 1. The third-order valence-electron chi connectivity index (χ3n) is 3.44. The fourth-order valence-electron chi connectivity index (χ4n) is 2.01. The highest BCUT2D eigenvalue weighted by Crippen LogP contribution is 2.11. The number of anilines is 1. The molecule has 0 aliphatic rings. The van der Waals surface area contributed by atoms with E-state index in [-0.39, 0.29) is 11.6 Å². The van der Waals surface area contributed by atoms with Crippen molar-refractivity contribution >= 4 is 30.1 Å². The maximum Gasteiger partial charge on any atom is 0.271 e. The molecule has 0 radical (unpaired) electrons. The van der Waals surface area contributed by atoms with Gasteiger partial charge in [-0.2, -0.15) is 5.26 Å². The summed E-state index contributed by atoms with van der Waals surface area (Å²) in [5.74, 6) is -1.20. The van der Waals surface area contributed by atoms with Gasteiger partial charge >= 0.3 is 0 Å². The third kappa shape index (κ3) is 6.88. The Morgan fingerprint density at radius 2 is 1.82 bits per heavy atom. The summed E-state index contributed by atoms with van der Waals surface area (Å²) in [5.41, 5.74) is 0.159. The second kappa shape index (κ2) is 9.83. The lowest BCUT2D eigenvalue weighted by Crippen LogP contribution is -2.42. The molecule has 1 aromatic carbocycles. The number of carbonyl (C=O) groups is 3. The molecule has 0 fully saturated rings. The van der Waals surface area contributed by atoms with Gasteiger partial charge in [0.2, 0.25) is 5.91 Å². The van der Waals surface area contributed by atoms with Crippen LogP contribution in [0.25, 0.3) is 0 Å². The van der Waals surface area contributed by atoms with Crippen LogP contribution in [0.5, 0.6) is 0 Å². The van der Waals surface area contributed by atoms with Gasteiger partial charge in [0.15, 0.2) is 0 Å². The van der Waals surface area contributed by atoms with Gasteiger partial charge in [-0.05, 0) is 57.8 Å². The summed E-state index contributed by atoms with van der Waals surface area (Å²) < 4.78 is 0. The van der Waals surface area contributed by atoms with Crippen LogP contribution in [-0.4, -0.2) is 30.0 Å². The van der Waals surface area contributed by atoms with Gasteiger partial charge in [0, 0.05) is 23.9 Å². The lowest BCUT2D eigenvalue weighted by atomic mass is 10.1. The summed E-state index contributed by atoms with van der Waals surface area (Å²) in [4.78, 5) is 39.4. The summed E-state index contributed by atoms with van der Waals surface area (Å²) in [5, 5.41) is 16.8. The Morgan fingerprint density at radius 1 is 1.21 bits per heavy atom. The van der Waals surface area contributed by atoms with Gasteiger partial charge in [0.25, 0.3) is 11.8 Å². The zero-order valence-corrected chi connectivity index (χ0v) is 16.3. The molecule has 8 heteroatoms. The number of carbonyl (C=O) groups excluding carboxylic acids is 3. The molecular weight excluding hydrogens is 358 g/mol. The van der Waals surface area contributed by atoms with Gasteiger partial charge in [0.1, 0.15) is 11.2 Å². The molecule has 0 spiro atoms. The van der Waals surface area contributed by atoms with Crippen LogP contribution in [0.2, 0.25) is 0 Å². The van der Waals surface area contributed by atoms with Gasteiger partial charge in [0.05, 0.1) is 6.07 Å². The summed E-state index contributed by atoms with van der Waals surface area (Å²) in [6, 6.07) is 8.29. The Balaban J connectivity index is 2.92. The number of amides is 3. The monoisotopic (exact) mass is 381 g/mol. The van der Waals surface area contributed by atoms with E-state index in [1.54, 1.807) is 51.1 Å². The molecule has 3 amide bonds. The number of nitrogens with one attached hydrogen (secondary N) is 3. The molecule has 1 aromatic rings. The highest BCUT2D eigenvalue weighted by Gasteiger charge is 2.21. The largest absolute Gasteiger partial charge is 0.333 e. The molecule has 0 aliphatic carbocycles. The highest BCUT2D eigenvalue weighted by molar-refractivity contribution is 5.98. The predicted molar refractivity (Wildman–Crippen MR) is 107 cm³/mol. The SMILES string of the molecule is C=N/C(=C\C(=C/C)NC(=O)c1ccc(NC(C)=O)cc1)C(=O)NC(C)(C)C#N. The van der Waals surface area contributed by atoms with E-state index in [4.69, 9.17) is 5.26 Å². The number of allylic oxidation sites excluding steroid dienone is 2. The minimum atomic E-state index is -1.07. The summed E-state index contributed by atoms with van der Waals surface area (Å²) in [6.07, 6.45) is 2.96. The van der Waals surface area contributed by atoms with Crippen LogP contribution in [-0.2, 0) is 9.59 Å². The predicted octanol–water partition coefficient (Wildman–Crippen LogP) is 2.28. The van der Waals surface area contributed by atoms with E-state index < -0.39 is 17.4 Å². The van der Waals surface area contributed by atoms with Crippen LogP contribution < -0.4 is 16.0 Å². The fraction of sp³-hybridized carbons (Fsp3) is 0.250. The molecule has 3 N–H and O–H groups in total. The third-order valence-corrected chi connectivity index (χ3v) is 3.44. The molecule has 0 aromatic heterocycles. The van der Waals surface area contributed by atoms with E-state index >= 15 is 0 Å². The molecule has 0 atom stereocenters. The minimum absolute atomic E-state index is 0.0438. The van der Waals surface area contributed by atoms with E-state index in [9.17, 15) is 14.4 Å². The van der Waals surface area contributed by atoms with E-state index in [0.29, 0.717) is 16.9 Å². The molecule has 28 heavy (non-hydrogen) atoms. The van der Waals surface area contributed by atoms with E-state index in [1.807, 2.05) is 6.07 Å². The zero-order chi connectivity index (χ0) is 21.3. The smallest absolute Gasteiger partial charge is 0.271 e. The quantitative estimate of drug-likeness (QED) is 0.381. The number of nitriles is 1. The van der Waals surface area contributed by atoms with Crippen LogP contribution in [0.4, 0.5) is 5.69 Å². The van der Waals surface area contributed by atoms with Gasteiger partial charge in [-0.1, -0.05) is 6.08 Å². The molecular formula is C20H23N5O3. The molecule has 0 unspecified atom stereocenters. The lowest BCUT2D eigenvalue weighted by molar-refractivity contribution is -0.118. The van der Waals surface area contributed by atoms with E-state index in [2.05, 4.69) is 27.7 Å². The molecule has 0 saturated heterocycles. The average Bonchev–Trinajstić information content (AvgIpc) is 2.64. The molecule has 0 aliphatic heterocycles. The van der Waals surface area contributed by atoms with Gasteiger partial charge in [-0.3, -0.25) is 19.4 Å². The summed E-state index contributed by atoms with van der Waals surface area (Å²) >= 11 is 0. The Labute approximate surface area is 164 Å². The Hall–Kier alpha value is -3.73. The highest BCUT2D eigenvalue weighted by atomic mass is 16.2. The Kier molecular flexibility index (Phi) is 7.83. The first-order valence-electron chi connectivity index (χ1n) is 8.39. The van der Waals surface area contributed by atoms with E-state index in [0.717, 1.165) is 0 Å². The van der Waals surface area contributed by atoms with Crippen molar-refractivity contribution in [2.45, 2.75) is 33.2 Å². The second-order valence-electron chi connectivity index (χ2n) is 6.34. The molecule has 0 heterocycles. The lowest BCUT2D eigenvalue weighted by Gasteiger charge is -2.17. The maximum absolute atomic E-state index is 12.4. The first-order valence-corrected chi connectivity index (χ1v) is 8.39. The molecule has 0 bridgehead atoms. The van der Waals surface area contributed by atoms with Crippen molar-refractivity contribution in [1.82, 2.24) is 10.6 Å². The van der Waals surface area contributed by atoms with Crippen LogP contribution in [0.3, 0.4) is 0 Å². The zero-order valence-electron chi connectivity index (χ0n) is 16.3. The van der Waals surface area contributed by atoms with Crippen LogP contribution in [0.15, 0.2) is 52.8 Å². The molecule has 146 valence electrons. The van der Waals surface area contributed by atoms with Crippen LogP contribution in [0, 0.1) is 11.3 Å². The van der Waals surface area contributed by atoms with Crippen LogP contribution >= 0.6 is 0 Å². The van der Waals surface area contributed by atoms with Gasteiger partial charge in [-0.25, -0.2) is 0 Å². The number of hydrogen-bond donors (Lipinski definition) is 3. The average molecular weight is 381 g/mol. The van der Waals surface area contributed by atoms with Crippen molar-refractivity contribution in [3.05, 3.63) is 53.4 Å². The van der Waals surface area contributed by atoms with Crippen molar-refractivity contribution in [2.24, 2.45) is 4.99 Å². The van der Waals surface area contributed by atoms with Crippen molar-refractivity contribution < 1.29 is 14.4 Å². The Morgan fingerprint density at radius 3 is 2.29 bits per heavy atom. The first-order chi connectivity index (χ1) is 13.1. The van der Waals surface area contributed by atoms with Crippen molar-refractivity contribution in [1.29, 1.82) is 5.26 Å². The summed E-state index contributed by atoms with van der Waals surface area (Å²) in [7, 11) is 0. The molecule has 8 nitrogen and oxygen atoms in total. The van der Waals surface area contributed by atoms with Crippen LogP contribution in [0.1, 0.15) is 38.1 Å². The summed E-state index contributed by atoms with van der Waals surface area (Å²) in [6.45, 7) is 9.54. The van der Waals surface area contributed by atoms with Crippen molar-refractivity contribution in [3.8, 4) is 6.07 Å². The minimum Gasteiger partial charge on any atom is -0.333 e. The molecule has 0 saturated carbocycles. The van der Waals surface area contributed by atoms with Gasteiger partial charge in [-0.15, -0.1) is 0 Å². The molecule has 1 rings (SSSR count). The second-order valence-corrected chi connectivity index (χ2v) is 6.34. The normalized spacial score (nSPS) is 11.8. The number of rotatable bonds is 7. The van der Waals surface area contributed by atoms with Crippen molar-refractivity contribution in [2.75, 3.05) is 5.32 Å². The number of hydrogen-bond acceptors (Lipinski definition) is 5.